The minimum Gasteiger partial charge on any atom is -0.279 e. The SMILES string of the molecule is CC1(C)c2ccc(-c3cnc(N(c4ccccc4)c4ccccc4)nc3)nc2-c2ncc(-c3ccccc3)nc21. The quantitative estimate of drug-likeness (QED) is 0.232. The minimum atomic E-state index is -0.305. The average Bonchev–Trinajstić information content (AvgIpc) is 3.24. The van der Waals surface area contributed by atoms with E-state index < -0.39 is 0 Å². The van der Waals surface area contributed by atoms with Gasteiger partial charge in [-0.3, -0.25) is 9.88 Å². The van der Waals surface area contributed by atoms with Crippen molar-refractivity contribution in [3.63, 3.8) is 0 Å². The van der Waals surface area contributed by atoms with Crippen LogP contribution in [0.3, 0.4) is 0 Å². The summed E-state index contributed by atoms with van der Waals surface area (Å²) in [5.74, 6) is 0.591. The maximum Gasteiger partial charge on any atom is 0.234 e. The molecular weight excluding hydrogens is 492 g/mol. The van der Waals surface area contributed by atoms with E-state index in [9.17, 15) is 0 Å². The Bertz CT molecular complexity index is 1760. The van der Waals surface area contributed by atoms with E-state index in [0.29, 0.717) is 5.95 Å². The van der Waals surface area contributed by atoms with E-state index in [1.165, 1.54) is 0 Å². The predicted octanol–water partition coefficient (Wildman–Crippen LogP) is 7.77. The highest BCUT2D eigenvalue weighted by Gasteiger charge is 2.39. The van der Waals surface area contributed by atoms with Gasteiger partial charge in [0.2, 0.25) is 5.95 Å². The number of anilines is 3. The van der Waals surface area contributed by atoms with E-state index in [4.69, 9.17) is 24.9 Å². The molecular formula is C34H26N6. The lowest BCUT2D eigenvalue weighted by Gasteiger charge is -2.23. The molecule has 6 heteroatoms. The first-order chi connectivity index (χ1) is 19.6. The molecule has 6 aromatic rings. The second-order valence-electron chi connectivity index (χ2n) is 10.3. The van der Waals surface area contributed by atoms with Gasteiger partial charge in [0.1, 0.15) is 5.69 Å². The molecule has 0 saturated heterocycles. The van der Waals surface area contributed by atoms with Crippen molar-refractivity contribution < 1.29 is 0 Å². The fraction of sp³-hybridized carbons (Fsp3) is 0.0882. The number of nitrogens with zero attached hydrogens (tertiary/aromatic N) is 6. The van der Waals surface area contributed by atoms with Crippen molar-refractivity contribution in [2.24, 2.45) is 0 Å². The first-order valence-electron chi connectivity index (χ1n) is 13.3. The Labute approximate surface area is 233 Å². The third-order valence-corrected chi connectivity index (χ3v) is 7.39. The highest BCUT2D eigenvalue weighted by Crippen LogP contribution is 2.46. The summed E-state index contributed by atoms with van der Waals surface area (Å²) in [5.41, 5.74) is 8.99. The zero-order valence-corrected chi connectivity index (χ0v) is 22.2. The topological polar surface area (TPSA) is 67.7 Å². The maximum absolute atomic E-state index is 5.06. The molecule has 1 aliphatic carbocycles. The number of pyridine rings is 1. The molecule has 0 radical (unpaired) electrons. The number of para-hydroxylation sites is 2. The summed E-state index contributed by atoms with van der Waals surface area (Å²) in [7, 11) is 0. The fourth-order valence-corrected chi connectivity index (χ4v) is 5.28. The van der Waals surface area contributed by atoms with Crippen molar-refractivity contribution >= 4 is 17.3 Å². The molecule has 1 aliphatic rings. The molecule has 0 spiro atoms. The van der Waals surface area contributed by atoms with Gasteiger partial charge < -0.3 is 0 Å². The second kappa shape index (κ2) is 9.50. The molecule has 192 valence electrons. The number of hydrogen-bond acceptors (Lipinski definition) is 6. The number of aromatic nitrogens is 5. The molecule has 3 heterocycles. The summed E-state index contributed by atoms with van der Waals surface area (Å²) >= 11 is 0. The summed E-state index contributed by atoms with van der Waals surface area (Å²) in [4.78, 5) is 26.5. The Kier molecular flexibility index (Phi) is 5.67. The molecule has 7 rings (SSSR count). The average molecular weight is 519 g/mol. The van der Waals surface area contributed by atoms with E-state index in [0.717, 1.165) is 56.5 Å². The molecule has 0 N–H and O–H groups in total. The summed E-state index contributed by atoms with van der Waals surface area (Å²) in [6.45, 7) is 4.37. The zero-order chi connectivity index (χ0) is 27.1. The number of fused-ring (bicyclic) bond motifs is 3. The molecule has 3 aromatic heterocycles. The van der Waals surface area contributed by atoms with Gasteiger partial charge in [-0.25, -0.2) is 19.9 Å². The fourth-order valence-electron chi connectivity index (χ4n) is 5.28. The predicted molar refractivity (Wildman–Crippen MR) is 159 cm³/mol. The first kappa shape index (κ1) is 23.9. The molecule has 0 unspecified atom stereocenters. The van der Waals surface area contributed by atoms with Crippen LogP contribution in [0.2, 0.25) is 0 Å². The third kappa shape index (κ3) is 4.01. The molecule has 0 saturated carbocycles. The van der Waals surface area contributed by atoms with Crippen molar-refractivity contribution in [2.45, 2.75) is 19.3 Å². The van der Waals surface area contributed by atoms with Gasteiger partial charge in [0, 0.05) is 40.3 Å². The molecule has 40 heavy (non-hydrogen) atoms. The maximum atomic E-state index is 5.06. The van der Waals surface area contributed by atoms with Crippen molar-refractivity contribution in [3.05, 3.63) is 133 Å². The lowest BCUT2D eigenvalue weighted by atomic mass is 9.86. The Morgan fingerprint density at radius 1 is 0.525 bits per heavy atom. The van der Waals surface area contributed by atoms with Crippen LogP contribution in [0.15, 0.2) is 122 Å². The van der Waals surface area contributed by atoms with Gasteiger partial charge >= 0.3 is 0 Å². The molecule has 6 nitrogen and oxygen atoms in total. The van der Waals surface area contributed by atoms with Crippen LogP contribution in [-0.2, 0) is 5.41 Å². The van der Waals surface area contributed by atoms with Gasteiger partial charge in [-0.2, -0.15) is 0 Å². The summed E-state index contributed by atoms with van der Waals surface area (Å²) in [6, 6.07) is 34.6. The Hall–Kier alpha value is -5.23. The van der Waals surface area contributed by atoms with Crippen LogP contribution in [0.1, 0.15) is 25.1 Å². The van der Waals surface area contributed by atoms with E-state index in [1.807, 2.05) is 84.2 Å². The van der Waals surface area contributed by atoms with Crippen LogP contribution in [0, 0.1) is 0 Å². The lowest BCUT2D eigenvalue weighted by Crippen LogP contribution is -2.17. The van der Waals surface area contributed by atoms with Gasteiger partial charge in [-0.05, 0) is 49.7 Å². The Morgan fingerprint density at radius 3 is 1.75 bits per heavy atom. The highest BCUT2D eigenvalue weighted by molar-refractivity contribution is 5.77. The van der Waals surface area contributed by atoms with Gasteiger partial charge in [-0.1, -0.05) is 72.8 Å². The first-order valence-corrected chi connectivity index (χ1v) is 13.3. The molecule has 3 aromatic carbocycles. The lowest BCUT2D eigenvalue weighted by molar-refractivity contribution is 0.635. The van der Waals surface area contributed by atoms with Crippen LogP contribution in [0.5, 0.6) is 0 Å². The van der Waals surface area contributed by atoms with Crippen LogP contribution in [0.4, 0.5) is 17.3 Å². The number of benzene rings is 3. The van der Waals surface area contributed by atoms with Crippen LogP contribution < -0.4 is 4.90 Å². The van der Waals surface area contributed by atoms with Crippen molar-refractivity contribution in [1.82, 2.24) is 24.9 Å². The standard InChI is InChI=1S/C34H26N6/c1-34(2)27-18-19-28(38-30(27)31-32(34)39-29(22-35-31)23-12-6-3-7-13-23)24-20-36-33(37-21-24)40(25-14-8-4-9-15-25)26-16-10-5-11-17-26/h3-22H,1-2H3. The Balaban J connectivity index is 1.26. The largest absolute Gasteiger partial charge is 0.279 e. The molecule has 0 fully saturated rings. The van der Waals surface area contributed by atoms with Crippen molar-refractivity contribution in [1.29, 1.82) is 0 Å². The Morgan fingerprint density at radius 2 is 1.12 bits per heavy atom. The second-order valence-corrected chi connectivity index (χ2v) is 10.3. The number of hydrogen-bond donors (Lipinski definition) is 0. The molecule has 0 aliphatic heterocycles. The van der Waals surface area contributed by atoms with E-state index in [-0.39, 0.29) is 5.41 Å². The van der Waals surface area contributed by atoms with Gasteiger partial charge in [-0.15, -0.1) is 0 Å². The van der Waals surface area contributed by atoms with E-state index >= 15 is 0 Å². The summed E-state index contributed by atoms with van der Waals surface area (Å²) in [5, 5.41) is 0. The monoisotopic (exact) mass is 518 g/mol. The minimum absolute atomic E-state index is 0.305. The summed E-state index contributed by atoms with van der Waals surface area (Å²) in [6.07, 6.45) is 5.51. The van der Waals surface area contributed by atoms with Gasteiger partial charge in [0.05, 0.1) is 29.0 Å². The molecule has 0 atom stereocenters. The van der Waals surface area contributed by atoms with E-state index in [2.05, 4.69) is 56.3 Å². The highest BCUT2D eigenvalue weighted by atomic mass is 15.3. The van der Waals surface area contributed by atoms with Crippen LogP contribution in [-0.4, -0.2) is 24.9 Å². The summed E-state index contributed by atoms with van der Waals surface area (Å²) < 4.78 is 0. The van der Waals surface area contributed by atoms with Crippen LogP contribution in [0.25, 0.3) is 33.9 Å². The third-order valence-electron chi connectivity index (χ3n) is 7.39. The van der Waals surface area contributed by atoms with Gasteiger partial charge in [0.15, 0.2) is 0 Å². The normalized spacial score (nSPS) is 12.9. The smallest absolute Gasteiger partial charge is 0.234 e. The van der Waals surface area contributed by atoms with Crippen molar-refractivity contribution in [2.75, 3.05) is 4.90 Å². The van der Waals surface area contributed by atoms with Crippen molar-refractivity contribution in [3.8, 4) is 33.9 Å². The molecule has 0 bridgehead atoms. The molecule has 0 amide bonds. The van der Waals surface area contributed by atoms with E-state index in [1.54, 1.807) is 0 Å². The zero-order valence-electron chi connectivity index (χ0n) is 22.2. The number of rotatable bonds is 5. The van der Waals surface area contributed by atoms with Gasteiger partial charge in [0.25, 0.3) is 0 Å². The van der Waals surface area contributed by atoms with Crippen LogP contribution >= 0.6 is 0 Å².